The number of benzene rings is 2. The van der Waals surface area contributed by atoms with E-state index in [9.17, 15) is 9.59 Å². The van der Waals surface area contributed by atoms with Crippen molar-refractivity contribution in [3.8, 4) is 0 Å². The lowest BCUT2D eigenvalue weighted by Crippen LogP contribution is -2.41. The van der Waals surface area contributed by atoms with Gasteiger partial charge in [-0.3, -0.25) is 9.36 Å². The minimum Gasteiger partial charge on any atom is -0.408 e. The molecule has 1 aliphatic heterocycles. The van der Waals surface area contributed by atoms with E-state index >= 15 is 0 Å². The summed E-state index contributed by atoms with van der Waals surface area (Å²) in [5.74, 6) is -0.568. The number of aromatic nitrogens is 2. The first-order valence-electron chi connectivity index (χ1n) is 9.11. The summed E-state index contributed by atoms with van der Waals surface area (Å²) in [7, 11) is 0. The zero-order chi connectivity index (χ0) is 18.5. The zero-order valence-electron chi connectivity index (χ0n) is 14.9. The van der Waals surface area contributed by atoms with Crippen molar-refractivity contribution in [2.45, 2.75) is 25.9 Å². The summed E-state index contributed by atoms with van der Waals surface area (Å²) in [5, 5.41) is 1.16. The van der Waals surface area contributed by atoms with Crippen molar-refractivity contribution in [1.82, 2.24) is 14.5 Å². The molecule has 2 aromatic carbocycles. The van der Waals surface area contributed by atoms with E-state index in [2.05, 4.69) is 17.1 Å². The number of nitrogens with zero attached hydrogens (tertiary/aromatic N) is 2. The summed E-state index contributed by atoms with van der Waals surface area (Å²) >= 11 is 0. The van der Waals surface area contributed by atoms with E-state index in [0.29, 0.717) is 24.2 Å². The van der Waals surface area contributed by atoms with Gasteiger partial charge < -0.3 is 14.3 Å². The Kier molecular flexibility index (Phi) is 3.47. The molecule has 6 nitrogen and oxygen atoms in total. The van der Waals surface area contributed by atoms with Crippen LogP contribution in [-0.4, -0.2) is 26.9 Å². The summed E-state index contributed by atoms with van der Waals surface area (Å²) in [6.07, 6.45) is 0.781. The number of H-pyrrole nitrogens is 1. The molecule has 1 amide bonds. The van der Waals surface area contributed by atoms with E-state index in [0.717, 1.165) is 17.3 Å². The number of nitrogens with one attached hydrogen (secondary N) is 1. The van der Waals surface area contributed by atoms with Crippen LogP contribution in [0.25, 0.3) is 22.0 Å². The molecule has 27 heavy (non-hydrogen) atoms. The van der Waals surface area contributed by atoms with Crippen molar-refractivity contribution < 1.29 is 9.21 Å². The minimum atomic E-state index is -0.618. The van der Waals surface area contributed by atoms with Crippen LogP contribution in [0.2, 0.25) is 0 Å². The van der Waals surface area contributed by atoms with Gasteiger partial charge in [-0.15, -0.1) is 0 Å². The van der Waals surface area contributed by atoms with Crippen molar-refractivity contribution in [2.75, 3.05) is 6.54 Å². The van der Waals surface area contributed by atoms with Gasteiger partial charge in [0, 0.05) is 41.7 Å². The quantitative estimate of drug-likeness (QED) is 0.596. The van der Waals surface area contributed by atoms with E-state index in [-0.39, 0.29) is 5.91 Å². The highest BCUT2D eigenvalue weighted by molar-refractivity contribution is 5.87. The van der Waals surface area contributed by atoms with Gasteiger partial charge in [0.05, 0.1) is 5.52 Å². The predicted octanol–water partition coefficient (Wildman–Crippen LogP) is 3.22. The number of amides is 1. The number of hydrogen-bond acceptors (Lipinski definition) is 3. The maximum atomic E-state index is 13.2. The SMILES string of the molecule is C[C@@H](C(=O)N1CCc2[nH]c3ccccc3c2C1)n1c(=O)oc2ccccc21. The highest BCUT2D eigenvalue weighted by atomic mass is 16.4. The van der Waals surface area contributed by atoms with Gasteiger partial charge in [0.1, 0.15) is 6.04 Å². The van der Waals surface area contributed by atoms with Gasteiger partial charge in [-0.2, -0.15) is 0 Å². The van der Waals surface area contributed by atoms with Crippen LogP contribution in [0.4, 0.5) is 0 Å². The number of carbonyl (C=O) groups is 1. The van der Waals surface area contributed by atoms with Gasteiger partial charge in [0.2, 0.25) is 5.91 Å². The van der Waals surface area contributed by atoms with E-state index in [1.165, 1.54) is 15.8 Å². The maximum Gasteiger partial charge on any atom is 0.420 e. The molecular formula is C21H19N3O3. The van der Waals surface area contributed by atoms with Crippen molar-refractivity contribution >= 4 is 27.9 Å². The van der Waals surface area contributed by atoms with Crippen LogP contribution in [-0.2, 0) is 17.8 Å². The number of hydrogen-bond donors (Lipinski definition) is 1. The molecule has 3 heterocycles. The van der Waals surface area contributed by atoms with E-state index in [4.69, 9.17) is 4.42 Å². The summed E-state index contributed by atoms with van der Waals surface area (Å²) in [4.78, 5) is 30.8. The topological polar surface area (TPSA) is 71.2 Å². The first-order valence-corrected chi connectivity index (χ1v) is 9.11. The lowest BCUT2D eigenvalue weighted by Gasteiger charge is -2.29. The fourth-order valence-electron chi connectivity index (χ4n) is 4.08. The summed E-state index contributed by atoms with van der Waals surface area (Å²) in [5.41, 5.74) is 4.61. The lowest BCUT2D eigenvalue weighted by atomic mass is 10.0. The minimum absolute atomic E-state index is 0.0698. The van der Waals surface area contributed by atoms with Gasteiger partial charge in [0.15, 0.2) is 5.58 Å². The molecule has 136 valence electrons. The van der Waals surface area contributed by atoms with Crippen molar-refractivity contribution in [2.24, 2.45) is 0 Å². The standard InChI is InChI=1S/C21H19N3O3/c1-13(24-18-8-4-5-9-19(18)27-21(24)26)20(25)23-11-10-17-15(12-23)14-6-2-3-7-16(14)22-17/h2-9,13,22H,10-12H2,1H3/t13-/m0/s1. The Labute approximate surface area is 155 Å². The molecule has 1 N–H and O–H groups in total. The molecule has 6 heteroatoms. The zero-order valence-corrected chi connectivity index (χ0v) is 14.9. The summed E-state index contributed by atoms with van der Waals surface area (Å²) < 4.78 is 6.74. The Hall–Kier alpha value is -3.28. The van der Waals surface area contributed by atoms with Gasteiger partial charge >= 0.3 is 5.76 Å². The third-order valence-corrected chi connectivity index (χ3v) is 5.46. The number of carbonyl (C=O) groups excluding carboxylic acids is 1. The van der Waals surface area contributed by atoms with Gasteiger partial charge in [-0.05, 0) is 25.1 Å². The van der Waals surface area contributed by atoms with Crippen molar-refractivity contribution in [3.05, 3.63) is 70.3 Å². The average molecular weight is 361 g/mol. The second-order valence-corrected chi connectivity index (χ2v) is 7.02. The van der Waals surface area contributed by atoms with Gasteiger partial charge in [-0.1, -0.05) is 30.3 Å². The monoisotopic (exact) mass is 361 g/mol. The van der Waals surface area contributed by atoms with Crippen LogP contribution < -0.4 is 5.76 Å². The normalized spacial score (nSPS) is 15.2. The molecule has 0 fully saturated rings. The predicted molar refractivity (Wildman–Crippen MR) is 103 cm³/mol. The summed E-state index contributed by atoms with van der Waals surface area (Å²) in [6.45, 7) is 2.94. The Balaban J connectivity index is 1.49. The molecule has 0 saturated heterocycles. The van der Waals surface area contributed by atoms with E-state index in [1.807, 2.05) is 29.2 Å². The first-order chi connectivity index (χ1) is 13.1. The second-order valence-electron chi connectivity index (χ2n) is 7.02. The molecule has 0 radical (unpaired) electrons. The van der Waals surface area contributed by atoms with Crippen LogP contribution in [0.1, 0.15) is 24.2 Å². The molecular weight excluding hydrogens is 342 g/mol. The number of fused-ring (bicyclic) bond motifs is 4. The maximum absolute atomic E-state index is 13.2. The van der Waals surface area contributed by atoms with Crippen LogP contribution >= 0.6 is 0 Å². The second kappa shape index (κ2) is 5.87. The third-order valence-electron chi connectivity index (χ3n) is 5.46. The van der Waals surface area contributed by atoms with Crippen molar-refractivity contribution in [1.29, 1.82) is 0 Å². The average Bonchev–Trinajstić information content (AvgIpc) is 3.23. The van der Waals surface area contributed by atoms with Gasteiger partial charge in [-0.25, -0.2) is 4.79 Å². The molecule has 0 saturated carbocycles. The molecule has 2 aromatic heterocycles. The molecule has 4 aromatic rings. The molecule has 1 aliphatic rings. The Morgan fingerprint density at radius 1 is 1.15 bits per heavy atom. The van der Waals surface area contributed by atoms with Gasteiger partial charge in [0.25, 0.3) is 0 Å². The van der Waals surface area contributed by atoms with Crippen LogP contribution in [0.15, 0.2) is 57.7 Å². The van der Waals surface area contributed by atoms with Crippen LogP contribution in [0, 0.1) is 0 Å². The van der Waals surface area contributed by atoms with Crippen LogP contribution in [0.5, 0.6) is 0 Å². The molecule has 0 spiro atoms. The lowest BCUT2D eigenvalue weighted by molar-refractivity contribution is -0.135. The van der Waals surface area contributed by atoms with Crippen molar-refractivity contribution in [3.63, 3.8) is 0 Å². The molecule has 5 rings (SSSR count). The van der Waals surface area contributed by atoms with E-state index in [1.54, 1.807) is 19.1 Å². The fraction of sp³-hybridized carbons (Fsp3) is 0.238. The number of rotatable bonds is 2. The van der Waals surface area contributed by atoms with Crippen LogP contribution in [0.3, 0.4) is 0 Å². The highest BCUT2D eigenvalue weighted by Gasteiger charge is 2.29. The fourth-order valence-corrected chi connectivity index (χ4v) is 4.08. The third kappa shape index (κ3) is 2.40. The molecule has 0 unspecified atom stereocenters. The molecule has 0 aliphatic carbocycles. The molecule has 1 atom stereocenters. The Bertz CT molecular complexity index is 1230. The highest BCUT2D eigenvalue weighted by Crippen LogP contribution is 2.29. The number of aromatic amines is 1. The number of para-hydroxylation sites is 3. The Morgan fingerprint density at radius 3 is 2.81 bits per heavy atom. The summed E-state index contributed by atoms with van der Waals surface area (Å²) in [6, 6.07) is 14.7. The Morgan fingerprint density at radius 2 is 1.93 bits per heavy atom. The van der Waals surface area contributed by atoms with E-state index < -0.39 is 11.8 Å². The smallest absolute Gasteiger partial charge is 0.408 e. The molecule has 0 bridgehead atoms. The first kappa shape index (κ1) is 15.9. The largest absolute Gasteiger partial charge is 0.420 e. The number of oxazole rings is 1.